The van der Waals surface area contributed by atoms with Crippen LogP contribution in [0.5, 0.6) is 5.75 Å². The predicted octanol–water partition coefficient (Wildman–Crippen LogP) is 2.72. The molecule has 3 aliphatic rings. The summed E-state index contributed by atoms with van der Waals surface area (Å²) < 4.78 is 32.0. The number of ether oxygens (including phenoxy) is 1. The van der Waals surface area contributed by atoms with Crippen LogP contribution in [0.25, 0.3) is 0 Å². The number of rotatable bonds is 4. The maximum absolute atomic E-state index is 11.5. The van der Waals surface area contributed by atoms with E-state index in [2.05, 4.69) is 27.8 Å². The number of likely N-dealkylation sites (tertiary alicyclic amines) is 1. The van der Waals surface area contributed by atoms with Gasteiger partial charge in [0.1, 0.15) is 11.4 Å². The van der Waals surface area contributed by atoms with Crippen molar-refractivity contribution in [3.63, 3.8) is 0 Å². The minimum atomic E-state index is -3.37. The first-order valence-electron chi connectivity index (χ1n) is 11.8. The molecular formula is C25H33N3O4S. The molecule has 1 fully saturated rings. The molecule has 4 N–H and O–H groups in total. The molecular weight excluding hydrogens is 438 g/mol. The van der Waals surface area contributed by atoms with Crippen molar-refractivity contribution in [2.45, 2.75) is 62.8 Å². The van der Waals surface area contributed by atoms with Crippen LogP contribution in [0.4, 0.5) is 5.69 Å². The summed E-state index contributed by atoms with van der Waals surface area (Å²) in [6.07, 6.45) is 6.08. The Bertz CT molecular complexity index is 1140. The van der Waals surface area contributed by atoms with Crippen molar-refractivity contribution in [3.8, 4) is 5.75 Å². The van der Waals surface area contributed by atoms with Gasteiger partial charge in [-0.3, -0.25) is 9.62 Å². The highest BCUT2D eigenvalue weighted by atomic mass is 32.2. The highest BCUT2D eigenvalue weighted by Crippen LogP contribution is 2.45. The lowest BCUT2D eigenvalue weighted by Gasteiger charge is -2.48. The number of aryl methyl sites for hydroxylation is 1. The molecule has 7 nitrogen and oxygen atoms in total. The Hall–Kier alpha value is -2.13. The minimum absolute atomic E-state index is 0.364. The fraction of sp³-hybridized carbons (Fsp3) is 0.520. The lowest BCUT2D eigenvalue weighted by Crippen LogP contribution is -2.53. The van der Waals surface area contributed by atoms with Crippen molar-refractivity contribution in [1.82, 2.24) is 4.90 Å². The molecule has 2 aromatic rings. The topological polar surface area (TPSA) is 105 Å². The normalized spacial score (nSPS) is 24.6. The summed E-state index contributed by atoms with van der Waals surface area (Å²) in [5, 5.41) is 10.9. The third-order valence-corrected chi connectivity index (χ3v) is 8.10. The number of benzene rings is 2. The largest absolute Gasteiger partial charge is 0.487 e. The molecule has 2 atom stereocenters. The molecule has 0 unspecified atom stereocenters. The Morgan fingerprint density at radius 2 is 1.97 bits per heavy atom. The number of aliphatic hydroxyl groups is 1. The molecule has 1 spiro atoms. The van der Waals surface area contributed by atoms with E-state index in [1.807, 2.05) is 0 Å². The molecule has 8 heteroatoms. The van der Waals surface area contributed by atoms with E-state index in [1.54, 1.807) is 18.2 Å². The highest BCUT2D eigenvalue weighted by Gasteiger charge is 2.44. The van der Waals surface area contributed by atoms with Crippen LogP contribution in [0.3, 0.4) is 0 Å². The first-order valence-corrected chi connectivity index (χ1v) is 13.7. The van der Waals surface area contributed by atoms with Crippen LogP contribution in [0, 0.1) is 0 Å². The van der Waals surface area contributed by atoms with Crippen LogP contribution in [0.2, 0.25) is 0 Å². The molecule has 1 aliphatic carbocycles. The quantitative estimate of drug-likeness (QED) is 0.633. The van der Waals surface area contributed by atoms with Crippen molar-refractivity contribution < 1.29 is 18.3 Å². The average molecular weight is 472 g/mol. The van der Waals surface area contributed by atoms with E-state index in [9.17, 15) is 13.5 Å². The zero-order valence-electron chi connectivity index (χ0n) is 19.1. The Labute approximate surface area is 196 Å². The number of sulfonamides is 1. The van der Waals surface area contributed by atoms with Gasteiger partial charge in [-0.2, -0.15) is 0 Å². The molecule has 0 amide bonds. The number of anilines is 1. The molecule has 33 heavy (non-hydrogen) atoms. The second-order valence-electron chi connectivity index (χ2n) is 9.87. The number of nitrogens with two attached hydrogens (primary N) is 1. The average Bonchev–Trinajstić information content (AvgIpc) is 2.78. The van der Waals surface area contributed by atoms with Crippen LogP contribution in [0.15, 0.2) is 36.4 Å². The molecule has 0 radical (unpaired) electrons. The van der Waals surface area contributed by atoms with E-state index in [0.29, 0.717) is 36.0 Å². The summed E-state index contributed by atoms with van der Waals surface area (Å²) in [7, 11) is -3.37. The molecule has 1 saturated heterocycles. The summed E-state index contributed by atoms with van der Waals surface area (Å²) in [5.74, 6) is 0.656. The molecule has 2 aromatic carbocycles. The van der Waals surface area contributed by atoms with Crippen molar-refractivity contribution in [2.75, 3.05) is 24.1 Å². The van der Waals surface area contributed by atoms with Crippen LogP contribution < -0.4 is 15.2 Å². The minimum Gasteiger partial charge on any atom is -0.487 e. The van der Waals surface area contributed by atoms with E-state index in [-0.39, 0.29) is 5.60 Å². The molecule has 5 rings (SSSR count). The zero-order valence-corrected chi connectivity index (χ0v) is 19.9. The van der Waals surface area contributed by atoms with E-state index in [1.165, 1.54) is 16.7 Å². The third-order valence-electron chi connectivity index (χ3n) is 7.50. The Balaban J connectivity index is 1.24. The third kappa shape index (κ3) is 4.75. The lowest BCUT2D eigenvalue weighted by atomic mass is 9.80. The number of hydrogen-bond acceptors (Lipinski definition) is 6. The second-order valence-corrected chi connectivity index (χ2v) is 11.6. The van der Waals surface area contributed by atoms with Gasteiger partial charge in [-0.25, -0.2) is 8.42 Å². The number of hydrogen-bond donors (Lipinski definition) is 3. The van der Waals surface area contributed by atoms with E-state index < -0.39 is 16.1 Å². The van der Waals surface area contributed by atoms with Gasteiger partial charge in [0.25, 0.3) is 0 Å². The number of nitrogens with one attached hydrogen (secondary N) is 1. The van der Waals surface area contributed by atoms with Gasteiger partial charge in [0, 0.05) is 43.3 Å². The Morgan fingerprint density at radius 1 is 1.18 bits per heavy atom. The fourth-order valence-corrected chi connectivity index (χ4v) is 6.30. The van der Waals surface area contributed by atoms with Gasteiger partial charge in [-0.1, -0.05) is 18.2 Å². The molecule has 2 aliphatic heterocycles. The lowest BCUT2D eigenvalue weighted by molar-refractivity contribution is -0.0608. The monoisotopic (exact) mass is 471 g/mol. The first kappa shape index (κ1) is 22.7. The van der Waals surface area contributed by atoms with Crippen LogP contribution in [-0.4, -0.2) is 49.4 Å². The summed E-state index contributed by atoms with van der Waals surface area (Å²) >= 11 is 0. The van der Waals surface area contributed by atoms with Crippen molar-refractivity contribution in [3.05, 3.63) is 58.7 Å². The van der Waals surface area contributed by atoms with Crippen molar-refractivity contribution in [2.24, 2.45) is 5.73 Å². The maximum atomic E-state index is 11.5. The smallest absolute Gasteiger partial charge is 0.229 e. The summed E-state index contributed by atoms with van der Waals surface area (Å²) in [6, 6.07) is 12.4. The summed E-state index contributed by atoms with van der Waals surface area (Å²) in [5.41, 5.74) is 10.6. The van der Waals surface area contributed by atoms with Crippen LogP contribution in [0.1, 0.15) is 54.0 Å². The molecule has 0 saturated carbocycles. The van der Waals surface area contributed by atoms with Gasteiger partial charge in [0.05, 0.1) is 12.4 Å². The van der Waals surface area contributed by atoms with Gasteiger partial charge in [-0.05, 0) is 67.0 Å². The molecule has 0 aromatic heterocycles. The molecule has 178 valence electrons. The summed E-state index contributed by atoms with van der Waals surface area (Å²) in [6.45, 7) is 2.50. The molecule has 0 bridgehead atoms. The highest BCUT2D eigenvalue weighted by molar-refractivity contribution is 7.92. The van der Waals surface area contributed by atoms with Crippen LogP contribution in [-0.2, 0) is 29.4 Å². The van der Waals surface area contributed by atoms with Crippen molar-refractivity contribution >= 4 is 15.7 Å². The van der Waals surface area contributed by atoms with E-state index in [4.69, 9.17) is 10.5 Å². The molecule has 2 heterocycles. The number of fused-ring (bicyclic) bond motifs is 2. The second kappa shape index (κ2) is 8.58. The number of nitrogens with zero attached hydrogens (tertiary/aromatic N) is 1. The van der Waals surface area contributed by atoms with Gasteiger partial charge in [0.15, 0.2) is 0 Å². The maximum Gasteiger partial charge on any atom is 0.229 e. The first-order chi connectivity index (χ1) is 15.7. The van der Waals surface area contributed by atoms with Crippen molar-refractivity contribution in [1.29, 1.82) is 0 Å². The van der Waals surface area contributed by atoms with Crippen LogP contribution >= 0.6 is 0 Å². The van der Waals surface area contributed by atoms with Gasteiger partial charge in [-0.15, -0.1) is 0 Å². The Morgan fingerprint density at radius 3 is 2.70 bits per heavy atom. The van der Waals surface area contributed by atoms with Gasteiger partial charge < -0.3 is 15.6 Å². The SMILES string of the molecule is CS(=O)(=O)Nc1ccc2c(c1)[C@H](O)CC1(CCN([C@@H]3CCc4cc(CN)ccc4C3)CC1)O2. The summed E-state index contributed by atoms with van der Waals surface area (Å²) in [4.78, 5) is 2.59. The Kier molecular flexibility index (Phi) is 5.89. The standard InChI is InChI=1S/C25H33N3O4S/c1-33(30,31)27-20-5-7-24-22(14-20)23(29)15-25(32-24)8-10-28(11-9-25)21-6-4-18-12-17(16-26)2-3-19(18)13-21/h2-3,5,7,12,14,21,23,27,29H,4,6,8-11,13,15-16,26H2,1H3/t21-,23-/m1/s1. The number of piperidine rings is 1. The predicted molar refractivity (Wildman–Crippen MR) is 129 cm³/mol. The number of aliphatic hydroxyl groups excluding tert-OH is 1. The van der Waals surface area contributed by atoms with Gasteiger partial charge >= 0.3 is 0 Å². The van der Waals surface area contributed by atoms with E-state index in [0.717, 1.165) is 51.4 Å². The van der Waals surface area contributed by atoms with E-state index >= 15 is 0 Å². The zero-order chi connectivity index (χ0) is 23.2. The fourth-order valence-electron chi connectivity index (χ4n) is 5.75. The van der Waals surface area contributed by atoms with Gasteiger partial charge in [0.2, 0.25) is 10.0 Å².